The zero-order valence-corrected chi connectivity index (χ0v) is 18.3. The van der Waals surface area contributed by atoms with Gasteiger partial charge in [0, 0.05) is 12.1 Å². The molecular weight excluding hydrogens is 372 g/mol. The second-order valence-electron chi connectivity index (χ2n) is 9.80. The Balaban J connectivity index is 1.86. The third-order valence-electron chi connectivity index (χ3n) is 7.56. The van der Waals surface area contributed by atoms with Gasteiger partial charge in [0.15, 0.2) is 5.78 Å². The van der Waals surface area contributed by atoms with Crippen LogP contribution in [-0.4, -0.2) is 41.8 Å². The van der Waals surface area contributed by atoms with Gasteiger partial charge in [0.25, 0.3) is 0 Å². The molecule has 3 unspecified atom stereocenters. The quantitative estimate of drug-likeness (QED) is 0.724. The van der Waals surface area contributed by atoms with Crippen LogP contribution in [0, 0.1) is 5.82 Å². The molecular formula is C22H31BFNO4. The lowest BCUT2D eigenvalue weighted by atomic mass is 9.68. The minimum atomic E-state index is -0.874. The summed E-state index contributed by atoms with van der Waals surface area (Å²) in [7, 11) is -0.874. The van der Waals surface area contributed by atoms with E-state index in [0.717, 1.165) is 19.3 Å². The van der Waals surface area contributed by atoms with Crippen LogP contribution >= 0.6 is 0 Å². The average molecular weight is 403 g/mol. The predicted molar refractivity (Wildman–Crippen MR) is 109 cm³/mol. The molecule has 2 aliphatic heterocycles. The van der Waals surface area contributed by atoms with E-state index < -0.39 is 35.5 Å². The fourth-order valence-electron chi connectivity index (χ4n) is 4.84. The second-order valence-corrected chi connectivity index (χ2v) is 9.80. The molecule has 0 spiro atoms. The third kappa shape index (κ3) is 3.00. The summed E-state index contributed by atoms with van der Waals surface area (Å²) in [6, 6.07) is 0. The molecule has 0 radical (unpaired) electrons. The highest BCUT2D eigenvalue weighted by Crippen LogP contribution is 2.48. The van der Waals surface area contributed by atoms with E-state index >= 15 is 4.39 Å². The maximum atomic E-state index is 15.2. The number of carbonyl (C=O) groups excluding carboxylic acids is 1. The van der Waals surface area contributed by atoms with E-state index in [1.165, 1.54) is 6.20 Å². The molecule has 2 saturated heterocycles. The predicted octanol–water partition coefficient (Wildman–Crippen LogP) is 3.42. The van der Waals surface area contributed by atoms with Crippen LogP contribution < -0.4 is 5.46 Å². The number of ketones is 1. The molecule has 158 valence electrons. The summed E-state index contributed by atoms with van der Waals surface area (Å²) in [6.45, 7) is 12.3. The molecule has 3 atom stereocenters. The smallest absolute Gasteiger partial charge is 0.399 e. The van der Waals surface area contributed by atoms with Gasteiger partial charge in [-0.3, -0.25) is 9.78 Å². The molecule has 29 heavy (non-hydrogen) atoms. The molecule has 1 aromatic heterocycles. The van der Waals surface area contributed by atoms with Crippen LogP contribution in [0.5, 0.6) is 0 Å². The summed E-state index contributed by atoms with van der Waals surface area (Å²) in [4.78, 5) is 18.1. The second kappa shape index (κ2) is 6.86. The number of carbonyl (C=O) groups is 1. The number of aromatic nitrogens is 1. The Morgan fingerprint density at radius 1 is 1.17 bits per heavy atom. The number of halogens is 1. The minimum absolute atomic E-state index is 0.0674. The maximum Gasteiger partial charge on any atom is 0.498 e. The Morgan fingerprint density at radius 2 is 1.83 bits per heavy atom. The topological polar surface area (TPSA) is 57.7 Å². The lowest BCUT2D eigenvalue weighted by Gasteiger charge is -2.32. The fraction of sp³-hybridized carbons (Fsp3) is 0.727. The van der Waals surface area contributed by atoms with Gasteiger partial charge in [-0.05, 0) is 65.9 Å². The SMILES string of the molecule is CCC1(C)C(=O)C(C2CCCCO2)c2ncc(F)c(B3OC(C)(C)C(C)(C)O3)c21. The molecule has 5 nitrogen and oxygen atoms in total. The Hall–Kier alpha value is -1.31. The molecule has 2 fully saturated rings. The van der Waals surface area contributed by atoms with Gasteiger partial charge in [0.05, 0.1) is 40.5 Å². The highest BCUT2D eigenvalue weighted by Gasteiger charge is 2.58. The van der Waals surface area contributed by atoms with Gasteiger partial charge in [-0.2, -0.15) is 0 Å². The van der Waals surface area contributed by atoms with Crippen molar-refractivity contribution in [1.29, 1.82) is 0 Å². The Bertz CT molecular complexity index is 820. The molecule has 0 saturated carbocycles. The number of hydrogen-bond acceptors (Lipinski definition) is 5. The van der Waals surface area contributed by atoms with Crippen molar-refractivity contribution >= 4 is 18.4 Å². The molecule has 0 bridgehead atoms. The van der Waals surface area contributed by atoms with Gasteiger partial charge in [-0.25, -0.2) is 4.39 Å². The number of ether oxygens (including phenoxy) is 1. The van der Waals surface area contributed by atoms with Gasteiger partial charge in [0.1, 0.15) is 5.82 Å². The van der Waals surface area contributed by atoms with Gasteiger partial charge >= 0.3 is 7.12 Å². The number of hydrogen-bond donors (Lipinski definition) is 0. The number of fused-ring (bicyclic) bond motifs is 1. The van der Waals surface area contributed by atoms with Crippen LogP contribution in [0.1, 0.15) is 84.4 Å². The normalized spacial score (nSPS) is 33.2. The Morgan fingerprint density at radius 3 is 2.38 bits per heavy atom. The van der Waals surface area contributed by atoms with E-state index in [1.807, 2.05) is 41.5 Å². The number of pyridine rings is 1. The Kier molecular flexibility index (Phi) is 4.95. The number of rotatable bonds is 3. The summed E-state index contributed by atoms with van der Waals surface area (Å²) in [5, 5.41) is 0. The Labute approximate surface area is 172 Å². The van der Waals surface area contributed by atoms with E-state index in [4.69, 9.17) is 14.0 Å². The van der Waals surface area contributed by atoms with E-state index in [2.05, 4.69) is 4.98 Å². The first-order valence-electron chi connectivity index (χ1n) is 10.7. The van der Waals surface area contributed by atoms with Gasteiger partial charge in [-0.1, -0.05) is 6.92 Å². The number of Topliss-reactive ketones (excluding diaryl/α,β-unsaturated/α-hetero) is 1. The van der Waals surface area contributed by atoms with Crippen molar-refractivity contribution in [2.75, 3.05) is 6.61 Å². The number of nitrogens with zero attached hydrogens (tertiary/aromatic N) is 1. The summed E-state index contributed by atoms with van der Waals surface area (Å²) < 4.78 is 33.5. The first kappa shape index (κ1) is 20.9. The van der Waals surface area contributed by atoms with Crippen LogP contribution in [0.3, 0.4) is 0 Å². The third-order valence-corrected chi connectivity index (χ3v) is 7.56. The van der Waals surface area contributed by atoms with E-state index in [9.17, 15) is 4.79 Å². The monoisotopic (exact) mass is 403 g/mol. The molecule has 3 aliphatic rings. The molecule has 0 amide bonds. The lowest BCUT2D eigenvalue weighted by molar-refractivity contribution is -0.129. The highest BCUT2D eigenvalue weighted by atomic mass is 19.1. The van der Waals surface area contributed by atoms with Crippen molar-refractivity contribution in [1.82, 2.24) is 4.98 Å². The molecule has 1 aromatic rings. The van der Waals surface area contributed by atoms with Crippen molar-refractivity contribution < 1.29 is 23.2 Å². The van der Waals surface area contributed by atoms with E-state index in [0.29, 0.717) is 29.7 Å². The zero-order chi connectivity index (χ0) is 21.2. The van der Waals surface area contributed by atoms with Crippen molar-refractivity contribution in [3.63, 3.8) is 0 Å². The average Bonchev–Trinajstić information content (AvgIpc) is 3.03. The first-order valence-corrected chi connectivity index (χ1v) is 10.7. The van der Waals surface area contributed by atoms with E-state index in [-0.39, 0.29) is 11.9 Å². The molecule has 0 N–H and O–H groups in total. The lowest BCUT2D eigenvalue weighted by Crippen LogP contribution is -2.44. The maximum absolute atomic E-state index is 15.2. The van der Waals surface area contributed by atoms with Gasteiger partial charge in [0.2, 0.25) is 0 Å². The summed E-state index contributed by atoms with van der Waals surface area (Å²) >= 11 is 0. The zero-order valence-electron chi connectivity index (χ0n) is 18.3. The van der Waals surface area contributed by atoms with Crippen molar-refractivity contribution in [2.24, 2.45) is 0 Å². The van der Waals surface area contributed by atoms with Crippen LogP contribution in [0.15, 0.2) is 6.20 Å². The molecule has 7 heteroatoms. The largest absolute Gasteiger partial charge is 0.498 e. The van der Waals surface area contributed by atoms with Crippen molar-refractivity contribution in [3.05, 3.63) is 23.3 Å². The minimum Gasteiger partial charge on any atom is -0.399 e. The molecule has 1 aliphatic carbocycles. The van der Waals surface area contributed by atoms with E-state index in [1.54, 1.807) is 0 Å². The molecule has 4 rings (SSSR count). The summed E-state index contributed by atoms with van der Waals surface area (Å²) in [5.74, 6) is -0.880. The van der Waals surface area contributed by atoms with Gasteiger partial charge in [-0.15, -0.1) is 0 Å². The van der Waals surface area contributed by atoms with Crippen LogP contribution in [0.25, 0.3) is 0 Å². The fourth-order valence-corrected chi connectivity index (χ4v) is 4.84. The van der Waals surface area contributed by atoms with Crippen molar-refractivity contribution in [3.8, 4) is 0 Å². The summed E-state index contributed by atoms with van der Waals surface area (Å²) in [5.41, 5.74) is -0.437. The standard InChI is InChI=1S/C22H31BFNO4/c1-7-22(6)16-17(23-28-20(2,3)21(4,5)29-23)13(24)12-25-18(16)15(19(22)26)14-10-8-9-11-27-14/h12,14-15H,7-11H2,1-6H3. The van der Waals surface area contributed by atoms with Crippen LogP contribution in [0.4, 0.5) is 4.39 Å². The van der Waals surface area contributed by atoms with Gasteiger partial charge < -0.3 is 14.0 Å². The highest BCUT2D eigenvalue weighted by molar-refractivity contribution is 6.63. The first-order chi connectivity index (χ1) is 13.5. The van der Waals surface area contributed by atoms with Crippen molar-refractivity contribution in [2.45, 2.75) is 95.9 Å². The van der Waals surface area contributed by atoms with Crippen LogP contribution in [-0.2, 0) is 24.3 Å². The molecule has 0 aromatic carbocycles. The molecule has 3 heterocycles. The van der Waals surface area contributed by atoms with Crippen LogP contribution in [0.2, 0.25) is 0 Å². The summed E-state index contributed by atoms with van der Waals surface area (Å²) in [6.07, 6.45) is 4.42.